The SMILES string of the molecule is Nc1c(/N=N/c2ccccc2)cc(S(=O)(=O)O)c2ncccc12. The molecule has 7 nitrogen and oxygen atoms in total. The Morgan fingerprint density at radius 2 is 1.78 bits per heavy atom. The summed E-state index contributed by atoms with van der Waals surface area (Å²) in [5.41, 5.74) is 7.08. The number of nitrogens with two attached hydrogens (primary N) is 1. The molecule has 0 aliphatic carbocycles. The highest BCUT2D eigenvalue weighted by Gasteiger charge is 2.19. The lowest BCUT2D eigenvalue weighted by molar-refractivity contribution is 0.484. The van der Waals surface area contributed by atoms with Crippen LogP contribution in [-0.2, 0) is 10.1 Å². The maximum Gasteiger partial charge on any atom is 0.296 e. The van der Waals surface area contributed by atoms with Crippen molar-refractivity contribution >= 4 is 38.1 Å². The minimum absolute atomic E-state index is 0.0890. The van der Waals surface area contributed by atoms with Gasteiger partial charge in [-0.25, -0.2) is 0 Å². The number of nitrogen functional groups attached to an aromatic ring is 1. The van der Waals surface area contributed by atoms with Crippen molar-refractivity contribution in [1.82, 2.24) is 4.98 Å². The maximum absolute atomic E-state index is 11.6. The number of hydrogen-bond acceptors (Lipinski definition) is 6. The van der Waals surface area contributed by atoms with Gasteiger partial charge >= 0.3 is 0 Å². The second-order valence-corrected chi connectivity index (χ2v) is 6.11. The van der Waals surface area contributed by atoms with Crippen molar-refractivity contribution < 1.29 is 13.0 Å². The van der Waals surface area contributed by atoms with Crippen molar-refractivity contribution in [3.8, 4) is 0 Å². The monoisotopic (exact) mass is 328 g/mol. The van der Waals surface area contributed by atoms with E-state index in [1.807, 2.05) is 6.07 Å². The van der Waals surface area contributed by atoms with Gasteiger partial charge in [-0.2, -0.15) is 13.5 Å². The van der Waals surface area contributed by atoms with Crippen LogP contribution in [0.2, 0.25) is 0 Å². The highest BCUT2D eigenvalue weighted by Crippen LogP contribution is 2.35. The highest BCUT2D eigenvalue weighted by atomic mass is 32.2. The lowest BCUT2D eigenvalue weighted by Gasteiger charge is -2.08. The molecule has 0 spiro atoms. The fourth-order valence-corrected chi connectivity index (χ4v) is 2.78. The summed E-state index contributed by atoms with van der Waals surface area (Å²) in [7, 11) is -4.47. The van der Waals surface area contributed by atoms with Gasteiger partial charge in [-0.1, -0.05) is 18.2 Å². The molecule has 1 heterocycles. The van der Waals surface area contributed by atoms with Crippen LogP contribution in [-0.4, -0.2) is 18.0 Å². The molecule has 0 radical (unpaired) electrons. The number of pyridine rings is 1. The van der Waals surface area contributed by atoms with Gasteiger partial charge in [0.25, 0.3) is 10.1 Å². The molecular weight excluding hydrogens is 316 g/mol. The summed E-state index contributed by atoms with van der Waals surface area (Å²) in [6.07, 6.45) is 1.42. The summed E-state index contributed by atoms with van der Waals surface area (Å²) in [6.45, 7) is 0. The first kappa shape index (κ1) is 15.1. The van der Waals surface area contributed by atoms with Gasteiger partial charge in [0.2, 0.25) is 0 Å². The van der Waals surface area contributed by atoms with Crippen molar-refractivity contribution in [1.29, 1.82) is 0 Å². The Morgan fingerprint density at radius 1 is 1.04 bits per heavy atom. The summed E-state index contributed by atoms with van der Waals surface area (Å²) in [6, 6.07) is 13.3. The maximum atomic E-state index is 11.6. The van der Waals surface area contributed by atoms with Crippen LogP contribution in [0.1, 0.15) is 0 Å². The van der Waals surface area contributed by atoms with Crippen LogP contribution in [0.5, 0.6) is 0 Å². The molecule has 3 rings (SSSR count). The average molecular weight is 328 g/mol. The first-order chi connectivity index (χ1) is 11.0. The summed E-state index contributed by atoms with van der Waals surface area (Å²) in [4.78, 5) is 3.62. The van der Waals surface area contributed by atoms with E-state index in [0.29, 0.717) is 11.1 Å². The number of rotatable bonds is 3. The number of hydrogen-bond donors (Lipinski definition) is 2. The molecule has 23 heavy (non-hydrogen) atoms. The Hall–Kier alpha value is -2.84. The molecule has 8 heteroatoms. The smallest absolute Gasteiger partial charge is 0.296 e. The Labute approximate surface area is 132 Å². The van der Waals surface area contributed by atoms with Gasteiger partial charge in [-0.15, -0.1) is 5.11 Å². The number of anilines is 1. The van der Waals surface area contributed by atoms with Gasteiger partial charge in [-0.3, -0.25) is 9.54 Å². The minimum atomic E-state index is -4.47. The van der Waals surface area contributed by atoms with Gasteiger partial charge in [0.15, 0.2) is 0 Å². The summed E-state index contributed by atoms with van der Waals surface area (Å²) >= 11 is 0. The molecule has 2 aromatic carbocycles. The minimum Gasteiger partial charge on any atom is -0.396 e. The van der Waals surface area contributed by atoms with Crippen molar-refractivity contribution in [2.75, 3.05) is 5.73 Å². The van der Waals surface area contributed by atoms with Gasteiger partial charge in [0.05, 0.1) is 16.9 Å². The third-order valence-corrected chi connectivity index (χ3v) is 4.05. The van der Waals surface area contributed by atoms with Crippen LogP contribution >= 0.6 is 0 Å². The fraction of sp³-hybridized carbons (Fsp3) is 0. The Bertz CT molecular complexity index is 1000. The lowest BCUT2D eigenvalue weighted by Crippen LogP contribution is -2.02. The second-order valence-electron chi connectivity index (χ2n) is 4.72. The zero-order valence-corrected chi connectivity index (χ0v) is 12.6. The third kappa shape index (κ3) is 3.03. The second kappa shape index (κ2) is 5.75. The van der Waals surface area contributed by atoms with Crippen LogP contribution in [0.3, 0.4) is 0 Å². The van der Waals surface area contributed by atoms with E-state index in [1.54, 1.807) is 36.4 Å². The first-order valence-corrected chi connectivity index (χ1v) is 8.02. The van der Waals surface area contributed by atoms with E-state index in [1.165, 1.54) is 6.20 Å². The molecule has 0 aliphatic heterocycles. The van der Waals surface area contributed by atoms with E-state index in [0.717, 1.165) is 6.07 Å². The van der Waals surface area contributed by atoms with Crippen molar-refractivity contribution in [2.24, 2.45) is 10.2 Å². The van der Waals surface area contributed by atoms with Crippen molar-refractivity contribution in [2.45, 2.75) is 4.90 Å². The van der Waals surface area contributed by atoms with E-state index in [-0.39, 0.29) is 21.8 Å². The van der Waals surface area contributed by atoms with Gasteiger partial charge < -0.3 is 5.73 Å². The largest absolute Gasteiger partial charge is 0.396 e. The summed E-state index contributed by atoms with van der Waals surface area (Å²) in [5.74, 6) is 0. The molecule has 3 N–H and O–H groups in total. The lowest BCUT2D eigenvalue weighted by atomic mass is 10.1. The van der Waals surface area contributed by atoms with E-state index < -0.39 is 10.1 Å². The highest BCUT2D eigenvalue weighted by molar-refractivity contribution is 7.86. The molecule has 0 atom stereocenters. The van der Waals surface area contributed by atoms with Gasteiger partial charge in [0, 0.05) is 11.6 Å². The molecule has 0 bridgehead atoms. The molecule has 0 fully saturated rings. The Morgan fingerprint density at radius 3 is 2.48 bits per heavy atom. The van der Waals surface area contributed by atoms with Crippen LogP contribution in [0, 0.1) is 0 Å². The number of aromatic nitrogens is 1. The average Bonchev–Trinajstić information content (AvgIpc) is 2.54. The normalized spacial score (nSPS) is 12.0. The summed E-state index contributed by atoms with van der Waals surface area (Å²) in [5, 5.41) is 8.39. The molecule has 0 saturated carbocycles. The molecule has 0 saturated heterocycles. The standard InChI is InChI=1S/C15H12N4O3S/c16-14-11-7-4-8-17-15(11)13(23(20,21)22)9-12(14)19-18-10-5-2-1-3-6-10/h1-9H,16H2,(H,20,21,22)/b19-18+. The van der Waals surface area contributed by atoms with Crippen LogP contribution in [0.4, 0.5) is 17.1 Å². The molecule has 0 unspecified atom stereocenters. The quantitative estimate of drug-likeness (QED) is 0.433. The van der Waals surface area contributed by atoms with Crippen molar-refractivity contribution in [3.05, 3.63) is 54.7 Å². The van der Waals surface area contributed by atoms with E-state index >= 15 is 0 Å². The Kier molecular flexibility index (Phi) is 3.77. The molecule has 1 aromatic heterocycles. The molecule has 0 amide bonds. The van der Waals surface area contributed by atoms with Crippen LogP contribution in [0.25, 0.3) is 10.9 Å². The van der Waals surface area contributed by atoms with Gasteiger partial charge in [0.1, 0.15) is 10.6 Å². The van der Waals surface area contributed by atoms with E-state index in [4.69, 9.17) is 5.73 Å². The predicted molar refractivity (Wildman–Crippen MR) is 86.6 cm³/mol. The predicted octanol–water partition coefficient (Wildman–Crippen LogP) is 3.48. The molecule has 116 valence electrons. The zero-order chi connectivity index (χ0) is 16.4. The topological polar surface area (TPSA) is 118 Å². The van der Waals surface area contributed by atoms with Crippen molar-refractivity contribution in [3.63, 3.8) is 0 Å². The number of azo groups is 1. The molecular formula is C15H12N4O3S. The number of nitrogens with zero attached hydrogens (tertiary/aromatic N) is 3. The van der Waals surface area contributed by atoms with Crippen LogP contribution in [0.15, 0.2) is 69.9 Å². The zero-order valence-electron chi connectivity index (χ0n) is 11.8. The van der Waals surface area contributed by atoms with E-state index in [2.05, 4.69) is 15.2 Å². The molecule has 3 aromatic rings. The third-order valence-electron chi connectivity index (χ3n) is 3.18. The number of fused-ring (bicyclic) bond motifs is 1. The van der Waals surface area contributed by atoms with Gasteiger partial charge in [-0.05, 0) is 30.3 Å². The summed E-state index contributed by atoms with van der Waals surface area (Å²) < 4.78 is 32.6. The number of benzene rings is 2. The fourth-order valence-electron chi connectivity index (χ4n) is 2.11. The van der Waals surface area contributed by atoms with E-state index in [9.17, 15) is 13.0 Å². The molecule has 0 aliphatic rings. The first-order valence-electron chi connectivity index (χ1n) is 6.58. The van der Waals surface area contributed by atoms with Crippen LogP contribution < -0.4 is 5.73 Å². The Balaban J connectivity index is 2.22.